The van der Waals surface area contributed by atoms with Crippen molar-refractivity contribution < 1.29 is 14.0 Å². The lowest BCUT2D eigenvalue weighted by molar-refractivity contribution is -0.134. The van der Waals surface area contributed by atoms with Crippen LogP contribution in [0.1, 0.15) is 48.4 Å². The van der Waals surface area contributed by atoms with E-state index in [4.69, 9.17) is 4.42 Å². The van der Waals surface area contributed by atoms with Crippen molar-refractivity contribution in [3.63, 3.8) is 0 Å². The summed E-state index contributed by atoms with van der Waals surface area (Å²) < 4.78 is 5.62. The zero-order valence-corrected chi connectivity index (χ0v) is 16.8. The van der Waals surface area contributed by atoms with Crippen molar-refractivity contribution in [2.24, 2.45) is 0 Å². The second-order valence-electron chi connectivity index (χ2n) is 7.10. The highest BCUT2D eigenvalue weighted by Crippen LogP contribution is 2.19. The quantitative estimate of drug-likeness (QED) is 0.757. The van der Waals surface area contributed by atoms with Gasteiger partial charge in [0, 0.05) is 24.4 Å². The van der Waals surface area contributed by atoms with Gasteiger partial charge < -0.3 is 15.1 Å². The Labute approximate surface area is 163 Å². The Morgan fingerprint density at radius 1 is 1.48 bits per heavy atom. The predicted octanol–water partition coefficient (Wildman–Crippen LogP) is 2.17. The number of hydrogen-bond donors (Lipinski definition) is 2. The smallest absolute Gasteiger partial charge is 0.237 e. The van der Waals surface area contributed by atoms with E-state index in [9.17, 15) is 9.59 Å². The molecule has 0 aromatic carbocycles. The number of carbonyl (C=O) groups excluding carboxylic acids is 2. The molecule has 146 valence electrons. The summed E-state index contributed by atoms with van der Waals surface area (Å²) in [5.41, 5.74) is 0.855. The summed E-state index contributed by atoms with van der Waals surface area (Å²) in [5, 5.41) is 8.76. The van der Waals surface area contributed by atoms with Gasteiger partial charge in [0.25, 0.3) is 0 Å². The number of nitrogens with one attached hydrogen (secondary N) is 2. The molecule has 7 nitrogen and oxygen atoms in total. The maximum Gasteiger partial charge on any atom is 0.237 e. The third-order valence-corrected chi connectivity index (χ3v) is 5.70. The van der Waals surface area contributed by atoms with Gasteiger partial charge in [-0.15, -0.1) is 11.3 Å². The van der Waals surface area contributed by atoms with Crippen molar-refractivity contribution in [2.75, 3.05) is 13.1 Å². The van der Waals surface area contributed by atoms with Crippen LogP contribution in [0.2, 0.25) is 0 Å². The van der Waals surface area contributed by atoms with E-state index in [1.807, 2.05) is 29.3 Å². The van der Waals surface area contributed by atoms with Gasteiger partial charge in [-0.3, -0.25) is 14.5 Å². The molecule has 0 radical (unpaired) electrons. The van der Waals surface area contributed by atoms with Gasteiger partial charge >= 0.3 is 0 Å². The Balaban J connectivity index is 1.56. The molecular weight excluding hydrogens is 364 g/mol. The Morgan fingerprint density at radius 2 is 2.30 bits per heavy atom. The molecule has 1 fully saturated rings. The molecule has 1 unspecified atom stereocenters. The molecule has 3 rings (SSSR count). The molecule has 2 N–H and O–H groups in total. The van der Waals surface area contributed by atoms with Gasteiger partial charge in [0.1, 0.15) is 11.5 Å². The molecule has 3 heterocycles. The summed E-state index contributed by atoms with van der Waals surface area (Å²) in [7, 11) is 0. The molecule has 1 aliphatic rings. The normalized spacial score (nSPS) is 17.9. The number of nitrogens with zero attached hydrogens (tertiary/aromatic N) is 2. The van der Waals surface area contributed by atoms with Crippen LogP contribution in [-0.4, -0.2) is 40.8 Å². The first-order chi connectivity index (χ1) is 12.9. The first-order valence-corrected chi connectivity index (χ1v) is 10.1. The van der Waals surface area contributed by atoms with Crippen molar-refractivity contribution in [1.82, 2.24) is 20.5 Å². The molecular formula is C19H26N4O3S. The summed E-state index contributed by atoms with van der Waals surface area (Å²) in [4.78, 5) is 31.2. The lowest BCUT2D eigenvalue weighted by Crippen LogP contribution is -2.56. The zero-order chi connectivity index (χ0) is 19.4. The Hall–Kier alpha value is -2.19. The lowest BCUT2D eigenvalue weighted by Gasteiger charge is -2.34. The number of thiazole rings is 1. The first-order valence-electron chi connectivity index (χ1n) is 9.20. The summed E-state index contributed by atoms with van der Waals surface area (Å²) in [5.74, 6) is 1.75. The van der Waals surface area contributed by atoms with Crippen LogP contribution in [0.5, 0.6) is 0 Å². The first kappa shape index (κ1) is 19.6. The SMILES string of the molecule is Cc1ccc(CN2CCNC(=O)C2CC(=O)NCc2csc(C(C)C)n2)o1. The number of rotatable bonds is 7. The number of aryl methyl sites for hydroxylation is 1. The van der Waals surface area contributed by atoms with Crippen molar-refractivity contribution in [2.45, 2.75) is 52.2 Å². The van der Waals surface area contributed by atoms with Gasteiger partial charge in [-0.25, -0.2) is 4.98 Å². The zero-order valence-electron chi connectivity index (χ0n) is 15.9. The van der Waals surface area contributed by atoms with Gasteiger partial charge in [-0.05, 0) is 19.1 Å². The highest BCUT2D eigenvalue weighted by atomic mass is 32.1. The van der Waals surface area contributed by atoms with E-state index in [-0.39, 0.29) is 18.2 Å². The fraction of sp³-hybridized carbons (Fsp3) is 0.526. The Morgan fingerprint density at radius 3 is 2.96 bits per heavy atom. The van der Waals surface area contributed by atoms with Gasteiger partial charge in [0.15, 0.2) is 0 Å². The van der Waals surface area contributed by atoms with E-state index < -0.39 is 6.04 Å². The Kier molecular flexibility index (Phi) is 6.28. The van der Waals surface area contributed by atoms with Gasteiger partial charge in [0.05, 0.1) is 36.3 Å². The molecule has 2 aromatic heterocycles. The van der Waals surface area contributed by atoms with Crippen LogP contribution in [0.4, 0.5) is 0 Å². The van der Waals surface area contributed by atoms with Crippen LogP contribution in [0.25, 0.3) is 0 Å². The van der Waals surface area contributed by atoms with E-state index in [1.165, 1.54) is 0 Å². The average molecular weight is 391 g/mol. The number of furan rings is 1. The molecule has 0 aliphatic carbocycles. The average Bonchev–Trinajstić information content (AvgIpc) is 3.25. The molecule has 1 atom stereocenters. The summed E-state index contributed by atoms with van der Waals surface area (Å²) in [6, 6.07) is 3.32. The standard InChI is InChI=1S/C19H26N4O3S/c1-12(2)19-22-14(11-27-19)9-21-17(24)8-16-18(25)20-6-7-23(16)10-15-5-4-13(3)26-15/h4-5,11-12,16H,6-10H2,1-3H3,(H,20,25)(H,21,24). The highest BCUT2D eigenvalue weighted by Gasteiger charge is 2.32. The molecule has 1 saturated heterocycles. The third-order valence-electron chi connectivity index (χ3n) is 4.51. The molecule has 8 heteroatoms. The topological polar surface area (TPSA) is 87.5 Å². The highest BCUT2D eigenvalue weighted by molar-refractivity contribution is 7.09. The molecule has 0 saturated carbocycles. The van der Waals surface area contributed by atoms with Crippen LogP contribution in [-0.2, 0) is 22.7 Å². The van der Waals surface area contributed by atoms with E-state index in [1.54, 1.807) is 11.3 Å². The van der Waals surface area contributed by atoms with Crippen molar-refractivity contribution >= 4 is 23.2 Å². The third kappa shape index (κ3) is 5.17. The molecule has 1 aliphatic heterocycles. The lowest BCUT2D eigenvalue weighted by atomic mass is 10.1. The van der Waals surface area contributed by atoms with E-state index in [0.717, 1.165) is 22.2 Å². The van der Waals surface area contributed by atoms with Crippen molar-refractivity contribution in [3.8, 4) is 0 Å². The van der Waals surface area contributed by atoms with Crippen LogP contribution >= 0.6 is 11.3 Å². The van der Waals surface area contributed by atoms with E-state index in [0.29, 0.717) is 32.1 Å². The molecule has 27 heavy (non-hydrogen) atoms. The van der Waals surface area contributed by atoms with Crippen LogP contribution in [0, 0.1) is 6.92 Å². The second-order valence-corrected chi connectivity index (χ2v) is 7.99. The molecule has 0 bridgehead atoms. The minimum atomic E-state index is -0.495. The fourth-order valence-corrected chi connectivity index (χ4v) is 3.88. The van der Waals surface area contributed by atoms with Crippen LogP contribution < -0.4 is 10.6 Å². The van der Waals surface area contributed by atoms with Crippen LogP contribution in [0.15, 0.2) is 21.9 Å². The molecule has 2 aromatic rings. The molecule has 0 spiro atoms. The molecule has 2 amide bonds. The number of piperazine rings is 1. The maximum atomic E-state index is 12.4. The maximum absolute atomic E-state index is 12.4. The van der Waals surface area contributed by atoms with Gasteiger partial charge in [0.2, 0.25) is 11.8 Å². The van der Waals surface area contributed by atoms with E-state index in [2.05, 4.69) is 29.5 Å². The summed E-state index contributed by atoms with van der Waals surface area (Å²) in [6.07, 6.45) is 0.118. The minimum Gasteiger partial charge on any atom is -0.465 e. The summed E-state index contributed by atoms with van der Waals surface area (Å²) >= 11 is 1.60. The second kappa shape index (κ2) is 8.67. The van der Waals surface area contributed by atoms with Gasteiger partial charge in [-0.2, -0.15) is 0 Å². The number of amides is 2. The van der Waals surface area contributed by atoms with Crippen molar-refractivity contribution in [1.29, 1.82) is 0 Å². The number of aromatic nitrogens is 1. The van der Waals surface area contributed by atoms with Crippen LogP contribution in [0.3, 0.4) is 0 Å². The Bertz CT molecular complexity index is 798. The van der Waals surface area contributed by atoms with Crippen molar-refractivity contribution in [3.05, 3.63) is 39.7 Å². The minimum absolute atomic E-state index is 0.115. The largest absolute Gasteiger partial charge is 0.465 e. The van der Waals surface area contributed by atoms with E-state index >= 15 is 0 Å². The monoisotopic (exact) mass is 390 g/mol. The number of carbonyl (C=O) groups is 2. The predicted molar refractivity (Wildman–Crippen MR) is 103 cm³/mol. The summed E-state index contributed by atoms with van der Waals surface area (Å²) in [6.45, 7) is 8.24. The van der Waals surface area contributed by atoms with Gasteiger partial charge in [-0.1, -0.05) is 13.8 Å². The number of hydrogen-bond acceptors (Lipinski definition) is 6. The fourth-order valence-electron chi connectivity index (χ4n) is 3.05.